The highest BCUT2D eigenvalue weighted by molar-refractivity contribution is 5.85. The molecule has 5 heteroatoms. The van der Waals surface area contributed by atoms with Gasteiger partial charge in [-0.3, -0.25) is 4.79 Å². The molecule has 2 aliphatic rings. The Kier molecular flexibility index (Phi) is 6.53. The van der Waals surface area contributed by atoms with Crippen molar-refractivity contribution >= 4 is 18.3 Å². The predicted octanol–water partition coefficient (Wildman–Crippen LogP) is 3.56. The van der Waals surface area contributed by atoms with Crippen LogP contribution < -0.4 is 15.8 Å². The molecular weight excluding hydrogens is 324 g/mol. The van der Waals surface area contributed by atoms with Crippen molar-refractivity contribution < 1.29 is 9.53 Å². The Morgan fingerprint density at radius 1 is 1.25 bits per heavy atom. The molecule has 0 spiro atoms. The Balaban J connectivity index is 0.00000208. The number of halogens is 1. The van der Waals surface area contributed by atoms with Gasteiger partial charge in [0.1, 0.15) is 5.75 Å². The van der Waals surface area contributed by atoms with Crippen molar-refractivity contribution in [2.75, 3.05) is 0 Å². The smallest absolute Gasteiger partial charge is 0.225 e. The number of para-hydroxylation sites is 1. The molecule has 1 aromatic rings. The van der Waals surface area contributed by atoms with Crippen molar-refractivity contribution in [3.05, 3.63) is 29.8 Å². The van der Waals surface area contributed by atoms with Gasteiger partial charge in [-0.1, -0.05) is 31.0 Å². The van der Waals surface area contributed by atoms with Crippen LogP contribution >= 0.6 is 12.4 Å². The van der Waals surface area contributed by atoms with Crippen LogP contribution in [-0.2, 0) is 11.3 Å². The van der Waals surface area contributed by atoms with Crippen molar-refractivity contribution in [2.24, 2.45) is 11.7 Å². The molecule has 1 aromatic carbocycles. The number of carbonyl (C=O) groups is 1. The Bertz CT molecular complexity index is 558. The lowest BCUT2D eigenvalue weighted by atomic mass is 9.74. The predicted molar refractivity (Wildman–Crippen MR) is 98.4 cm³/mol. The fraction of sp³-hybridized carbons (Fsp3) is 0.632. The summed E-state index contributed by atoms with van der Waals surface area (Å²) in [7, 11) is 0. The second-order valence-corrected chi connectivity index (χ2v) is 7.30. The van der Waals surface area contributed by atoms with Crippen LogP contribution in [0.1, 0.15) is 57.4 Å². The zero-order chi connectivity index (χ0) is 16.3. The van der Waals surface area contributed by atoms with E-state index in [9.17, 15) is 4.79 Å². The molecule has 4 nitrogen and oxygen atoms in total. The van der Waals surface area contributed by atoms with Gasteiger partial charge in [0, 0.05) is 17.6 Å². The number of carbonyl (C=O) groups excluding carboxylic acids is 1. The molecule has 2 unspecified atom stereocenters. The van der Waals surface area contributed by atoms with E-state index in [1.807, 2.05) is 31.2 Å². The lowest BCUT2D eigenvalue weighted by Crippen LogP contribution is -2.52. The third-order valence-electron chi connectivity index (χ3n) is 5.34. The molecular formula is C19H29ClN2O2. The van der Waals surface area contributed by atoms with Crippen LogP contribution in [0.3, 0.4) is 0 Å². The highest BCUT2D eigenvalue weighted by Gasteiger charge is 2.37. The highest BCUT2D eigenvalue weighted by Crippen LogP contribution is 2.32. The number of amides is 1. The molecule has 3 N–H and O–H groups in total. The molecule has 2 fully saturated rings. The molecule has 3 rings (SSSR count). The van der Waals surface area contributed by atoms with Gasteiger partial charge in [-0.25, -0.2) is 0 Å². The Morgan fingerprint density at radius 3 is 2.67 bits per heavy atom. The molecule has 0 aromatic heterocycles. The molecule has 1 amide bonds. The van der Waals surface area contributed by atoms with Crippen molar-refractivity contribution in [1.82, 2.24) is 5.32 Å². The highest BCUT2D eigenvalue weighted by atomic mass is 35.5. The Hall–Kier alpha value is -1.26. The number of hydrogen-bond acceptors (Lipinski definition) is 3. The minimum atomic E-state index is -0.385. The molecule has 0 heterocycles. The molecule has 2 saturated carbocycles. The molecule has 2 aliphatic carbocycles. The first-order chi connectivity index (χ1) is 11.1. The van der Waals surface area contributed by atoms with Gasteiger partial charge in [-0.05, 0) is 45.1 Å². The molecule has 24 heavy (non-hydrogen) atoms. The summed E-state index contributed by atoms with van der Waals surface area (Å²) in [5.41, 5.74) is 6.99. The third-order valence-corrected chi connectivity index (χ3v) is 5.34. The van der Waals surface area contributed by atoms with Gasteiger partial charge in [0.2, 0.25) is 5.91 Å². The van der Waals surface area contributed by atoms with E-state index in [2.05, 4.69) is 5.32 Å². The normalized spacial score (nSPS) is 26.8. The van der Waals surface area contributed by atoms with Crippen LogP contribution in [0.4, 0.5) is 0 Å². The first-order valence-corrected chi connectivity index (χ1v) is 8.87. The molecule has 134 valence electrons. The van der Waals surface area contributed by atoms with Crippen LogP contribution in [0, 0.1) is 5.92 Å². The average molecular weight is 353 g/mol. The average Bonchev–Trinajstić information content (AvgIpc) is 2.49. The van der Waals surface area contributed by atoms with Gasteiger partial charge in [0.15, 0.2) is 0 Å². The standard InChI is InChI=1S/C19H28N2O2.ClH/c1-19(20)12-5-4-10-16(19)18(22)21-13-14-7-2-3-11-17(14)23-15-8-6-9-15;/h2-3,7,11,15-16H,4-6,8-10,12-13,20H2,1H3,(H,21,22);1H. The van der Waals surface area contributed by atoms with Crippen LogP contribution in [-0.4, -0.2) is 17.6 Å². The first-order valence-electron chi connectivity index (χ1n) is 8.87. The topological polar surface area (TPSA) is 64.4 Å². The Morgan fingerprint density at radius 2 is 2.00 bits per heavy atom. The molecule has 0 bridgehead atoms. The quantitative estimate of drug-likeness (QED) is 0.851. The van der Waals surface area contributed by atoms with Gasteiger partial charge in [-0.2, -0.15) is 0 Å². The largest absolute Gasteiger partial charge is 0.490 e. The molecule has 2 atom stereocenters. The second-order valence-electron chi connectivity index (χ2n) is 7.30. The number of ether oxygens (including phenoxy) is 1. The van der Waals surface area contributed by atoms with Gasteiger partial charge in [-0.15, -0.1) is 12.4 Å². The molecule has 0 aliphatic heterocycles. The first kappa shape index (κ1) is 19.1. The lowest BCUT2D eigenvalue weighted by Gasteiger charge is -2.37. The number of rotatable bonds is 5. The van der Waals surface area contributed by atoms with Crippen molar-refractivity contribution in [3.63, 3.8) is 0 Å². The third kappa shape index (κ3) is 4.42. The summed E-state index contributed by atoms with van der Waals surface area (Å²) in [6.07, 6.45) is 7.88. The van der Waals surface area contributed by atoms with E-state index in [1.165, 1.54) is 6.42 Å². The van der Waals surface area contributed by atoms with E-state index >= 15 is 0 Å². The summed E-state index contributed by atoms with van der Waals surface area (Å²) >= 11 is 0. The maximum absolute atomic E-state index is 12.6. The second kappa shape index (κ2) is 8.21. The summed E-state index contributed by atoms with van der Waals surface area (Å²) in [6, 6.07) is 7.99. The maximum Gasteiger partial charge on any atom is 0.225 e. The zero-order valence-electron chi connectivity index (χ0n) is 14.4. The number of nitrogens with one attached hydrogen (secondary N) is 1. The van der Waals surface area contributed by atoms with Crippen molar-refractivity contribution in [1.29, 1.82) is 0 Å². The number of nitrogens with two attached hydrogens (primary N) is 1. The summed E-state index contributed by atoms with van der Waals surface area (Å²) in [6.45, 7) is 2.51. The number of hydrogen-bond donors (Lipinski definition) is 2. The van der Waals surface area contributed by atoms with E-state index in [0.717, 1.165) is 49.8 Å². The number of benzene rings is 1. The van der Waals surface area contributed by atoms with Crippen LogP contribution in [0.15, 0.2) is 24.3 Å². The van der Waals surface area contributed by atoms with Gasteiger partial charge < -0.3 is 15.8 Å². The van der Waals surface area contributed by atoms with Gasteiger partial charge >= 0.3 is 0 Å². The van der Waals surface area contributed by atoms with Gasteiger partial charge in [0.25, 0.3) is 0 Å². The SMILES string of the molecule is CC1(N)CCCCC1C(=O)NCc1ccccc1OC1CCC1.Cl. The van der Waals surface area contributed by atoms with Crippen LogP contribution in [0.5, 0.6) is 5.75 Å². The van der Waals surface area contributed by atoms with E-state index in [-0.39, 0.29) is 29.8 Å². The van der Waals surface area contributed by atoms with E-state index in [4.69, 9.17) is 10.5 Å². The molecule has 0 saturated heterocycles. The fourth-order valence-electron chi connectivity index (χ4n) is 3.53. The summed E-state index contributed by atoms with van der Waals surface area (Å²) in [5.74, 6) is 0.890. The van der Waals surface area contributed by atoms with Crippen LogP contribution in [0.25, 0.3) is 0 Å². The fourth-order valence-corrected chi connectivity index (χ4v) is 3.53. The zero-order valence-corrected chi connectivity index (χ0v) is 15.2. The van der Waals surface area contributed by atoms with E-state index in [1.54, 1.807) is 0 Å². The monoisotopic (exact) mass is 352 g/mol. The summed E-state index contributed by atoms with van der Waals surface area (Å²) in [5, 5.41) is 3.08. The van der Waals surface area contributed by atoms with Crippen molar-refractivity contribution in [3.8, 4) is 5.75 Å². The minimum absolute atomic E-state index is 0. The van der Waals surface area contributed by atoms with Crippen molar-refractivity contribution in [2.45, 2.75) is 70.1 Å². The minimum Gasteiger partial charge on any atom is -0.490 e. The van der Waals surface area contributed by atoms with E-state index < -0.39 is 0 Å². The maximum atomic E-state index is 12.6. The van der Waals surface area contributed by atoms with Crippen LogP contribution in [0.2, 0.25) is 0 Å². The lowest BCUT2D eigenvalue weighted by molar-refractivity contribution is -0.128. The van der Waals surface area contributed by atoms with Gasteiger partial charge in [0.05, 0.1) is 12.0 Å². The Labute approximate surface area is 150 Å². The summed E-state index contributed by atoms with van der Waals surface area (Å²) < 4.78 is 6.02. The molecule has 0 radical (unpaired) electrons. The summed E-state index contributed by atoms with van der Waals surface area (Å²) in [4.78, 5) is 12.6. The van der Waals surface area contributed by atoms with E-state index in [0.29, 0.717) is 12.6 Å².